The Kier molecular flexibility index (Phi) is 9.64. The molecule has 0 aromatic heterocycles. The van der Waals surface area contributed by atoms with Crippen molar-refractivity contribution in [2.45, 2.75) is 69.1 Å². The molecule has 1 saturated carbocycles. The molecule has 3 N–H and O–H groups in total. The number of hydrogen-bond acceptors (Lipinski definition) is 4. The fourth-order valence-electron chi connectivity index (χ4n) is 6.58. The number of amides is 2. The average Bonchev–Trinajstić information content (AvgIpc) is 3.50. The second-order valence-electron chi connectivity index (χ2n) is 12.2. The van der Waals surface area contributed by atoms with E-state index in [0.717, 1.165) is 43.5 Å². The smallest absolute Gasteiger partial charge is 0.405 e. The van der Waals surface area contributed by atoms with Crippen molar-refractivity contribution < 1.29 is 32.3 Å². The van der Waals surface area contributed by atoms with Gasteiger partial charge in [-0.05, 0) is 73.6 Å². The van der Waals surface area contributed by atoms with Gasteiger partial charge in [0.15, 0.2) is 0 Å². The monoisotopic (exact) mass is 627 g/mol. The molecule has 2 atom stereocenters. The van der Waals surface area contributed by atoms with Gasteiger partial charge in [0.1, 0.15) is 29.4 Å². The van der Waals surface area contributed by atoms with Crippen LogP contribution in [0, 0.1) is 18.7 Å². The second kappa shape index (κ2) is 13.2. The topological polar surface area (TPSA) is 81.7 Å². The summed E-state index contributed by atoms with van der Waals surface area (Å²) in [4.78, 5) is 29.3. The third-order valence-electron chi connectivity index (χ3n) is 8.82. The fourth-order valence-corrected chi connectivity index (χ4v) is 6.58. The maximum Gasteiger partial charge on any atom is 0.416 e. The zero-order valence-electron chi connectivity index (χ0n) is 25.3. The highest BCUT2D eigenvalue weighted by molar-refractivity contribution is 6.38. The van der Waals surface area contributed by atoms with Gasteiger partial charge in [-0.2, -0.15) is 13.2 Å². The number of piperidine rings is 1. The highest BCUT2D eigenvalue weighted by Crippen LogP contribution is 2.40. The van der Waals surface area contributed by atoms with Crippen LogP contribution >= 0.6 is 0 Å². The van der Waals surface area contributed by atoms with Crippen LogP contribution < -0.4 is 16.1 Å². The summed E-state index contributed by atoms with van der Waals surface area (Å²) in [6, 6.07) is 11.6. The molecule has 5 rings (SSSR count). The van der Waals surface area contributed by atoms with Crippen molar-refractivity contribution in [3.8, 4) is 0 Å². The van der Waals surface area contributed by atoms with Crippen LogP contribution in [0.3, 0.4) is 0 Å². The molecule has 0 spiro atoms. The van der Waals surface area contributed by atoms with Crippen LogP contribution in [-0.4, -0.2) is 57.9 Å². The van der Waals surface area contributed by atoms with Crippen LogP contribution in [0.5, 0.6) is 0 Å². The minimum absolute atomic E-state index is 0.123. The van der Waals surface area contributed by atoms with Gasteiger partial charge in [0, 0.05) is 29.4 Å². The van der Waals surface area contributed by atoms with Gasteiger partial charge in [-0.1, -0.05) is 48.6 Å². The van der Waals surface area contributed by atoms with Crippen molar-refractivity contribution in [2.24, 2.45) is 5.92 Å². The Morgan fingerprint density at radius 2 is 1.67 bits per heavy atom. The largest absolute Gasteiger partial charge is 0.416 e. The standard InChI is InChI=1S/C33H32B3F4N3O3/c1-18-6-4-10-26(37)28(18)31(45)43-15-5-9-22(29(43)19-11-14-27(25(34)16-19)41-20-7-2-3-8-20)30(44)42-21-12-13-23(32(35,36)46)24(17-21)33(38,39)40/h4,6,10-14,16-17,20,22,29,41,46H,2-3,5,7-9,15H2,1H3,(H,42,44)/t22-,29-/m0/s1. The van der Waals surface area contributed by atoms with Gasteiger partial charge >= 0.3 is 6.18 Å². The number of aliphatic hydroxyl groups is 1. The molecule has 3 aromatic carbocycles. The van der Waals surface area contributed by atoms with Crippen LogP contribution in [0.25, 0.3) is 0 Å². The van der Waals surface area contributed by atoms with E-state index in [4.69, 9.17) is 23.5 Å². The molecular formula is C33H32B3F4N3O3. The summed E-state index contributed by atoms with van der Waals surface area (Å²) in [6.45, 7) is 1.83. The molecule has 1 aliphatic carbocycles. The molecule has 2 aliphatic rings. The van der Waals surface area contributed by atoms with Crippen LogP contribution in [0.4, 0.5) is 28.9 Å². The van der Waals surface area contributed by atoms with Crippen molar-refractivity contribution in [3.63, 3.8) is 0 Å². The summed E-state index contributed by atoms with van der Waals surface area (Å²) in [5.41, 5.74) is -0.351. The Bertz CT molecular complexity index is 1600. The Labute approximate surface area is 269 Å². The number of hydrogen-bond donors (Lipinski definition) is 3. The molecule has 3 aromatic rings. The second-order valence-corrected chi connectivity index (χ2v) is 12.2. The van der Waals surface area contributed by atoms with Crippen LogP contribution in [0.15, 0.2) is 54.6 Å². The SMILES string of the molecule is [B]c1cc([C@H]2[C@@H](C(=O)Nc3ccc(C([B])([B])O)c(C(F)(F)F)c3)CCCN2C(=O)c2c(C)cccc2F)ccc1NC1CCCC1. The van der Waals surface area contributed by atoms with E-state index in [2.05, 4.69) is 10.6 Å². The minimum atomic E-state index is -4.94. The van der Waals surface area contributed by atoms with Gasteiger partial charge in [0.25, 0.3) is 5.91 Å². The number of alkyl halides is 3. The van der Waals surface area contributed by atoms with E-state index in [1.807, 2.05) is 0 Å². The number of nitrogens with one attached hydrogen (secondary N) is 2. The summed E-state index contributed by atoms with van der Waals surface area (Å²) < 4.78 is 56.6. The number of anilines is 2. The maximum absolute atomic E-state index is 15.0. The molecule has 1 heterocycles. The first-order valence-electron chi connectivity index (χ1n) is 15.2. The van der Waals surface area contributed by atoms with Crippen molar-refractivity contribution in [2.75, 3.05) is 17.2 Å². The molecule has 0 bridgehead atoms. The molecule has 46 heavy (non-hydrogen) atoms. The van der Waals surface area contributed by atoms with E-state index in [1.54, 1.807) is 31.2 Å². The first kappa shape index (κ1) is 33.6. The molecule has 1 aliphatic heterocycles. The Balaban J connectivity index is 1.52. The summed E-state index contributed by atoms with van der Waals surface area (Å²) in [5.74, 6) is -2.91. The van der Waals surface area contributed by atoms with E-state index in [-0.39, 0.29) is 30.3 Å². The highest BCUT2D eigenvalue weighted by Gasteiger charge is 2.41. The van der Waals surface area contributed by atoms with E-state index < -0.39 is 52.3 Å². The molecular weight excluding hydrogens is 595 g/mol. The van der Waals surface area contributed by atoms with Crippen molar-refractivity contribution >= 4 is 52.2 Å². The molecule has 2 fully saturated rings. The van der Waals surface area contributed by atoms with E-state index >= 15 is 4.39 Å². The Morgan fingerprint density at radius 1 is 0.957 bits per heavy atom. The summed E-state index contributed by atoms with van der Waals surface area (Å²) in [7, 11) is 17.2. The van der Waals surface area contributed by atoms with Crippen molar-refractivity contribution in [1.29, 1.82) is 0 Å². The van der Waals surface area contributed by atoms with Crippen LogP contribution in [-0.2, 0) is 16.4 Å². The molecule has 6 radical (unpaired) electrons. The van der Waals surface area contributed by atoms with Gasteiger partial charge in [-0.25, -0.2) is 4.39 Å². The van der Waals surface area contributed by atoms with E-state index in [1.165, 1.54) is 17.0 Å². The summed E-state index contributed by atoms with van der Waals surface area (Å²) in [6.07, 6.45) is -0.00478. The first-order valence-corrected chi connectivity index (χ1v) is 15.2. The summed E-state index contributed by atoms with van der Waals surface area (Å²) >= 11 is 0. The zero-order valence-corrected chi connectivity index (χ0v) is 25.3. The number of rotatable bonds is 7. The van der Waals surface area contributed by atoms with Gasteiger partial charge in [0.2, 0.25) is 5.91 Å². The van der Waals surface area contributed by atoms with E-state index in [0.29, 0.717) is 29.1 Å². The normalized spacial score (nSPS) is 19.2. The highest BCUT2D eigenvalue weighted by atomic mass is 19.4. The maximum atomic E-state index is 15.0. The fraction of sp³-hybridized carbons (Fsp3) is 0.394. The van der Waals surface area contributed by atoms with Crippen molar-refractivity contribution in [3.05, 3.63) is 88.2 Å². The third-order valence-corrected chi connectivity index (χ3v) is 8.82. The number of benzene rings is 3. The van der Waals surface area contributed by atoms with Crippen LogP contribution in [0.1, 0.15) is 77.2 Å². The lowest BCUT2D eigenvalue weighted by atomic mass is 9.60. The lowest BCUT2D eigenvalue weighted by molar-refractivity contribution is -0.139. The van der Waals surface area contributed by atoms with Gasteiger partial charge in [-0.3, -0.25) is 9.59 Å². The number of likely N-dealkylation sites (tertiary alicyclic amines) is 1. The van der Waals surface area contributed by atoms with Gasteiger partial charge in [0.05, 0.1) is 23.1 Å². The molecule has 2 amide bonds. The first-order chi connectivity index (χ1) is 21.6. The zero-order chi connectivity index (χ0) is 33.4. The number of aryl methyl sites for hydroxylation is 1. The number of halogens is 4. The molecule has 1 saturated heterocycles. The molecule has 0 unspecified atom stereocenters. The van der Waals surface area contributed by atoms with Gasteiger partial charge < -0.3 is 20.6 Å². The number of nitrogens with zero attached hydrogens (tertiary/aromatic N) is 1. The third kappa shape index (κ3) is 7.14. The van der Waals surface area contributed by atoms with E-state index in [9.17, 15) is 27.9 Å². The Morgan fingerprint density at radius 3 is 2.30 bits per heavy atom. The minimum Gasteiger partial charge on any atom is -0.405 e. The van der Waals surface area contributed by atoms with Crippen molar-refractivity contribution in [1.82, 2.24) is 4.90 Å². The van der Waals surface area contributed by atoms with Gasteiger partial charge in [-0.15, -0.1) is 0 Å². The Hall–Kier alpha value is -3.73. The lowest BCUT2D eigenvalue weighted by Gasteiger charge is -2.41. The van der Waals surface area contributed by atoms with Crippen LogP contribution in [0.2, 0.25) is 0 Å². The molecule has 234 valence electrons. The molecule has 6 nitrogen and oxygen atoms in total. The average molecular weight is 627 g/mol. The lowest BCUT2D eigenvalue weighted by Crippen LogP contribution is -2.47. The molecule has 13 heteroatoms. The quantitative estimate of drug-likeness (QED) is 0.256. The predicted octanol–water partition coefficient (Wildman–Crippen LogP) is 4.97. The number of carbonyl (C=O) groups excluding carboxylic acids is 2. The summed E-state index contributed by atoms with van der Waals surface area (Å²) in [5, 5.41) is 13.1. The number of carbonyl (C=O) groups is 2. The predicted molar refractivity (Wildman–Crippen MR) is 171 cm³/mol.